The minimum Gasteiger partial charge on any atom is -0.490 e. The molecule has 2 aromatic rings. The number of ether oxygens (including phenoxy) is 1. The van der Waals surface area contributed by atoms with Crippen LogP contribution in [0.3, 0.4) is 0 Å². The van der Waals surface area contributed by atoms with Crippen LogP contribution in [-0.2, 0) is 21.5 Å². The van der Waals surface area contributed by atoms with E-state index in [1.807, 2.05) is 31.2 Å². The van der Waals surface area contributed by atoms with Gasteiger partial charge in [0, 0.05) is 34.3 Å². The van der Waals surface area contributed by atoms with Crippen LogP contribution in [0.15, 0.2) is 48.6 Å². The third-order valence-corrected chi connectivity index (χ3v) is 13.4. The van der Waals surface area contributed by atoms with Gasteiger partial charge in [0.25, 0.3) is 5.91 Å². The van der Waals surface area contributed by atoms with Crippen molar-refractivity contribution in [2.45, 2.75) is 75.1 Å². The molecule has 1 unspecified atom stereocenters. The highest BCUT2D eigenvalue weighted by Crippen LogP contribution is 2.47. The van der Waals surface area contributed by atoms with Gasteiger partial charge in [-0.3, -0.25) is 9.52 Å². The summed E-state index contributed by atoms with van der Waals surface area (Å²) in [7, 11) is -2.92. The quantitative estimate of drug-likeness (QED) is 0.304. The second-order valence-corrected chi connectivity index (χ2v) is 16.6. The fourth-order valence-electron chi connectivity index (χ4n) is 8.21. The summed E-state index contributed by atoms with van der Waals surface area (Å²) in [5, 5.41) is 11.8. The molecule has 7 rings (SSSR count). The van der Waals surface area contributed by atoms with Gasteiger partial charge in [-0.05, 0) is 129 Å². The Hall–Kier alpha value is -2.48. The van der Waals surface area contributed by atoms with E-state index in [-0.39, 0.29) is 28.4 Å². The molecule has 2 fully saturated rings. The van der Waals surface area contributed by atoms with Gasteiger partial charge >= 0.3 is 0 Å². The number of hydrogen-bond acceptors (Lipinski definition) is 5. The van der Waals surface area contributed by atoms with Crippen molar-refractivity contribution in [1.82, 2.24) is 4.72 Å². The van der Waals surface area contributed by atoms with Crippen molar-refractivity contribution in [1.29, 1.82) is 0 Å². The molecule has 8 heteroatoms. The van der Waals surface area contributed by atoms with Crippen molar-refractivity contribution in [2.24, 2.45) is 23.7 Å². The minimum atomic E-state index is -2.92. The van der Waals surface area contributed by atoms with Crippen LogP contribution in [0, 0.1) is 23.7 Å². The molecule has 1 spiro atoms. The Balaban J connectivity index is 1.28. The average molecular weight is 623 g/mol. The highest BCUT2D eigenvalue weighted by atomic mass is 35.5. The molecule has 6 nitrogen and oxygen atoms in total. The molecule has 5 aliphatic rings. The van der Waals surface area contributed by atoms with Crippen LogP contribution in [-0.4, -0.2) is 52.1 Å². The Morgan fingerprint density at radius 3 is 2.70 bits per heavy atom. The average Bonchev–Trinajstić information content (AvgIpc) is 3.81. The molecule has 2 saturated carbocycles. The summed E-state index contributed by atoms with van der Waals surface area (Å²) < 4.78 is 23.3. The summed E-state index contributed by atoms with van der Waals surface area (Å²) in [6.07, 6.45) is 11.6. The van der Waals surface area contributed by atoms with Gasteiger partial charge in [0.1, 0.15) is 5.75 Å². The zero-order valence-electron chi connectivity index (χ0n) is 25.0. The molecule has 1 amide bonds. The Morgan fingerprint density at radius 1 is 1.12 bits per heavy atom. The summed E-state index contributed by atoms with van der Waals surface area (Å²) in [5.74, 6) is 5.59. The number of halogens is 1. The number of hydrogen-bond donors (Lipinski definition) is 2. The van der Waals surface area contributed by atoms with Crippen LogP contribution in [0.1, 0.15) is 73.4 Å². The van der Waals surface area contributed by atoms with E-state index in [4.69, 9.17) is 16.3 Å². The molecule has 0 radical (unpaired) electrons. The second-order valence-electron chi connectivity index (χ2n) is 13.8. The number of allylic oxidation sites excluding steroid dienone is 1. The van der Waals surface area contributed by atoms with Crippen molar-refractivity contribution < 1.29 is 18.8 Å². The van der Waals surface area contributed by atoms with Crippen LogP contribution < -0.4 is 14.4 Å². The third-order valence-electron chi connectivity index (χ3n) is 11.1. The van der Waals surface area contributed by atoms with Gasteiger partial charge < -0.3 is 14.7 Å². The molecular weight excluding hydrogens is 580 g/mol. The first kappa shape index (κ1) is 29.2. The monoisotopic (exact) mass is 622 g/mol. The second kappa shape index (κ2) is 11.1. The smallest absolute Gasteiger partial charge is 0.262 e. The fourth-order valence-corrected chi connectivity index (χ4v) is 9.92. The number of aryl methyl sites for hydroxylation is 1. The van der Waals surface area contributed by atoms with E-state index >= 15 is 0 Å². The Bertz CT molecular complexity index is 1550. The summed E-state index contributed by atoms with van der Waals surface area (Å²) in [5.41, 5.74) is 3.71. The first-order valence-corrected chi connectivity index (χ1v) is 18.1. The van der Waals surface area contributed by atoms with Crippen LogP contribution in [0.2, 0.25) is 5.02 Å². The van der Waals surface area contributed by atoms with Gasteiger partial charge in [-0.1, -0.05) is 29.8 Å². The number of fused-ring (bicyclic) bond motifs is 4. The lowest BCUT2D eigenvalue weighted by Gasteiger charge is -2.45. The number of nitrogens with one attached hydrogen (secondary N) is 1. The van der Waals surface area contributed by atoms with Gasteiger partial charge in [0.15, 0.2) is 0 Å². The fraction of sp³-hybridized carbons (Fsp3) is 0.543. The van der Waals surface area contributed by atoms with Gasteiger partial charge in [0.05, 0.1) is 28.1 Å². The number of anilines is 1. The first-order chi connectivity index (χ1) is 20.6. The summed E-state index contributed by atoms with van der Waals surface area (Å²) in [6.45, 7) is 4.02. The van der Waals surface area contributed by atoms with Crippen molar-refractivity contribution in [2.75, 3.05) is 24.6 Å². The number of benzene rings is 2. The van der Waals surface area contributed by atoms with Crippen LogP contribution in [0.25, 0.3) is 0 Å². The SMILES string of the molecule is C=S1(=O)NC(=O)c2ccc3c(c2)N(C[C@@H]2CC[C@H]2[C@@H](O)/C=C/C[C@H](C2CC2)[C@@H]1C)C[C@@]1(CCCc2cc(Cl)ccc21)CO3. The Labute approximate surface area is 261 Å². The lowest BCUT2D eigenvalue weighted by molar-refractivity contribution is 0.0455. The topological polar surface area (TPSA) is 78.9 Å². The van der Waals surface area contributed by atoms with E-state index < -0.39 is 15.8 Å². The molecule has 3 aliphatic carbocycles. The maximum Gasteiger partial charge on any atom is 0.262 e. The molecule has 2 aromatic carbocycles. The molecular formula is C35H43ClN2O4S. The predicted octanol–water partition coefficient (Wildman–Crippen LogP) is 5.94. The van der Waals surface area contributed by atoms with Crippen molar-refractivity contribution in [3.63, 3.8) is 0 Å². The number of aliphatic hydroxyl groups excluding tert-OH is 1. The lowest BCUT2D eigenvalue weighted by Crippen LogP contribution is -2.49. The minimum absolute atomic E-state index is 0.152. The maximum atomic E-state index is 13.9. The predicted molar refractivity (Wildman–Crippen MR) is 175 cm³/mol. The summed E-state index contributed by atoms with van der Waals surface area (Å²) >= 11 is 6.41. The standard InChI is InChI=1S/C35H43ClN2O4S/c1-22-28(23-8-9-23)6-3-7-32(39)29-13-10-26(29)19-38-20-35(16-4-5-24-17-27(36)12-14-30(24)35)21-42-33-15-11-25(18-31(33)38)34(40)37-43(22,2)41/h3,7,11-12,14-15,17-18,22-23,26,28-29,32,39H,2,4-6,8-10,13,16,19-21H2,1H3,(H,37,40,41)/b7-3+/t22-,26-,28-,29+,32-,35-,43?/m0/s1. The van der Waals surface area contributed by atoms with Gasteiger partial charge in [-0.25, -0.2) is 4.21 Å². The molecule has 43 heavy (non-hydrogen) atoms. The van der Waals surface area contributed by atoms with E-state index in [1.165, 1.54) is 11.1 Å². The lowest BCUT2D eigenvalue weighted by atomic mass is 9.68. The molecule has 2 heterocycles. The van der Waals surface area contributed by atoms with E-state index in [2.05, 4.69) is 33.7 Å². The molecule has 2 bridgehead atoms. The number of rotatable bonds is 1. The molecule has 2 N–H and O–H groups in total. The normalized spacial score (nSPS) is 36.8. The number of aliphatic hydroxyl groups is 1. The molecule has 230 valence electrons. The summed E-state index contributed by atoms with van der Waals surface area (Å²) in [6, 6.07) is 11.8. The molecule has 0 aromatic heterocycles. The highest BCUT2D eigenvalue weighted by Gasteiger charge is 2.44. The number of nitrogens with zero attached hydrogens (tertiary/aromatic N) is 1. The van der Waals surface area contributed by atoms with Crippen molar-refractivity contribution in [3.05, 3.63) is 70.3 Å². The van der Waals surface area contributed by atoms with E-state index in [0.717, 1.165) is 80.9 Å². The van der Waals surface area contributed by atoms with Crippen molar-refractivity contribution in [3.8, 4) is 5.75 Å². The van der Waals surface area contributed by atoms with Crippen LogP contribution >= 0.6 is 11.6 Å². The zero-order chi connectivity index (χ0) is 29.9. The van der Waals surface area contributed by atoms with E-state index in [1.54, 1.807) is 6.07 Å². The number of amides is 1. The molecule has 0 saturated heterocycles. The van der Waals surface area contributed by atoms with Gasteiger partial charge in [-0.15, -0.1) is 0 Å². The van der Waals surface area contributed by atoms with Gasteiger partial charge in [-0.2, -0.15) is 0 Å². The first-order valence-electron chi connectivity index (χ1n) is 16.0. The maximum absolute atomic E-state index is 13.9. The largest absolute Gasteiger partial charge is 0.490 e. The number of carbonyl (C=O) groups is 1. The van der Waals surface area contributed by atoms with Crippen LogP contribution in [0.5, 0.6) is 5.75 Å². The van der Waals surface area contributed by atoms with Gasteiger partial charge in [0.2, 0.25) is 0 Å². The Kier molecular flexibility index (Phi) is 7.58. The highest BCUT2D eigenvalue weighted by molar-refractivity contribution is 7.99. The van der Waals surface area contributed by atoms with E-state index in [0.29, 0.717) is 24.0 Å². The summed E-state index contributed by atoms with van der Waals surface area (Å²) in [4.78, 5) is 16.0. The Morgan fingerprint density at radius 2 is 1.93 bits per heavy atom. The van der Waals surface area contributed by atoms with E-state index in [9.17, 15) is 14.1 Å². The zero-order valence-corrected chi connectivity index (χ0v) is 26.5. The third kappa shape index (κ3) is 5.51. The van der Waals surface area contributed by atoms with Crippen molar-refractivity contribution >= 4 is 38.8 Å². The molecule has 7 atom stereocenters. The molecule has 2 aliphatic heterocycles. The van der Waals surface area contributed by atoms with Crippen LogP contribution in [0.4, 0.5) is 5.69 Å². The number of carbonyl (C=O) groups excluding carboxylic acids is 1.